The number of ether oxygens (including phenoxy) is 2. The van der Waals surface area contributed by atoms with Crippen molar-refractivity contribution in [3.8, 4) is 11.1 Å². The van der Waals surface area contributed by atoms with E-state index in [1.54, 1.807) is 6.92 Å². The molecule has 53 heavy (non-hydrogen) atoms. The summed E-state index contributed by atoms with van der Waals surface area (Å²) in [6.45, 7) is 13.5. The summed E-state index contributed by atoms with van der Waals surface area (Å²) in [7, 11) is 2.57. The summed E-state index contributed by atoms with van der Waals surface area (Å²) < 4.78 is 9.70. The quantitative estimate of drug-likeness (QED) is 0.111. The monoisotopic (exact) mass is 730 g/mol. The molecule has 288 valence electrons. The molecule has 0 aromatic heterocycles. The number of methoxy groups -OCH3 is 2. The van der Waals surface area contributed by atoms with Gasteiger partial charge >= 0.3 is 12.2 Å². The van der Waals surface area contributed by atoms with E-state index in [2.05, 4.69) is 21.3 Å². The molecule has 11 heteroatoms. The Morgan fingerprint density at radius 2 is 1.21 bits per heavy atom. The number of amides is 3. The number of nitrogens with one attached hydrogen (secondary N) is 4. The van der Waals surface area contributed by atoms with Gasteiger partial charge < -0.3 is 35.8 Å². The maximum Gasteiger partial charge on any atom is 0.407 e. The van der Waals surface area contributed by atoms with Crippen LogP contribution in [0.3, 0.4) is 0 Å². The highest BCUT2D eigenvalue weighted by Gasteiger charge is 2.35. The summed E-state index contributed by atoms with van der Waals surface area (Å²) >= 11 is 0. The molecular weight excluding hydrogens is 672 g/mol. The van der Waals surface area contributed by atoms with Gasteiger partial charge in [0.2, 0.25) is 5.91 Å². The minimum Gasteiger partial charge on any atom is -0.453 e. The van der Waals surface area contributed by atoms with Crippen LogP contribution in [0.15, 0.2) is 78.9 Å². The third-order valence-corrected chi connectivity index (χ3v) is 9.38. The first kappa shape index (κ1) is 42.7. The number of carbonyl (C=O) groups excluding carboxylic acids is 4. The fourth-order valence-electron chi connectivity index (χ4n) is 6.06. The van der Waals surface area contributed by atoms with Gasteiger partial charge in [0.25, 0.3) is 0 Å². The van der Waals surface area contributed by atoms with Crippen LogP contribution in [0.4, 0.5) is 9.59 Å². The number of carbonyl (C=O) groups is 4. The third kappa shape index (κ3) is 13.6. The highest BCUT2D eigenvalue weighted by molar-refractivity contribution is 5.94. The van der Waals surface area contributed by atoms with Crippen molar-refractivity contribution in [3.63, 3.8) is 0 Å². The number of hydrogen-bond acceptors (Lipinski definition) is 8. The van der Waals surface area contributed by atoms with E-state index in [0.29, 0.717) is 24.9 Å². The fraction of sp³-hybridized carbons (Fsp3) is 0.476. The molecule has 0 heterocycles. The van der Waals surface area contributed by atoms with Crippen molar-refractivity contribution >= 4 is 23.9 Å². The molecule has 11 nitrogen and oxygen atoms in total. The van der Waals surface area contributed by atoms with E-state index in [1.165, 1.54) is 14.2 Å². The van der Waals surface area contributed by atoms with E-state index in [-0.39, 0.29) is 29.6 Å². The van der Waals surface area contributed by atoms with E-state index >= 15 is 0 Å². The van der Waals surface area contributed by atoms with Crippen molar-refractivity contribution in [3.05, 3.63) is 95.6 Å². The number of aliphatic hydroxyl groups excluding tert-OH is 1. The van der Waals surface area contributed by atoms with Gasteiger partial charge in [0.1, 0.15) is 6.04 Å². The Bertz CT molecular complexity index is 1630. The average Bonchev–Trinajstić information content (AvgIpc) is 3.11. The van der Waals surface area contributed by atoms with E-state index in [4.69, 9.17) is 9.47 Å². The highest BCUT2D eigenvalue weighted by atomic mass is 16.5. The van der Waals surface area contributed by atoms with Gasteiger partial charge in [-0.05, 0) is 59.3 Å². The Hall–Kier alpha value is -4.74. The molecule has 0 unspecified atom stereocenters. The van der Waals surface area contributed by atoms with Crippen LogP contribution in [0, 0.1) is 10.8 Å². The van der Waals surface area contributed by atoms with Crippen LogP contribution in [0.1, 0.15) is 76.4 Å². The molecule has 3 rings (SSSR count). The largest absolute Gasteiger partial charge is 0.453 e. The number of ketones is 1. The van der Waals surface area contributed by atoms with Crippen molar-refractivity contribution < 1.29 is 33.8 Å². The van der Waals surface area contributed by atoms with Gasteiger partial charge in [-0.15, -0.1) is 0 Å². The number of hydrogen-bond donors (Lipinski definition) is 5. The van der Waals surface area contributed by atoms with Gasteiger partial charge in [-0.1, -0.05) is 120 Å². The summed E-state index contributed by atoms with van der Waals surface area (Å²) in [6, 6.07) is 23.0. The smallest absolute Gasteiger partial charge is 0.407 e. The topological polar surface area (TPSA) is 155 Å². The van der Waals surface area contributed by atoms with E-state index in [1.807, 2.05) is 120 Å². The molecule has 5 N–H and O–H groups in total. The lowest BCUT2D eigenvalue weighted by Crippen LogP contribution is -2.57. The molecule has 0 aliphatic carbocycles. The van der Waals surface area contributed by atoms with Crippen LogP contribution < -0.4 is 21.3 Å². The van der Waals surface area contributed by atoms with Crippen LogP contribution in [-0.4, -0.2) is 80.0 Å². The Morgan fingerprint density at radius 3 is 1.72 bits per heavy atom. The van der Waals surface area contributed by atoms with Crippen LogP contribution >= 0.6 is 0 Å². The summed E-state index contributed by atoms with van der Waals surface area (Å²) in [6.07, 6.45) is -1.12. The maximum absolute atomic E-state index is 13.8. The Balaban J connectivity index is 1.93. The third-order valence-electron chi connectivity index (χ3n) is 9.38. The van der Waals surface area contributed by atoms with E-state index in [0.717, 1.165) is 22.3 Å². The molecule has 0 spiro atoms. The molecular formula is C42H58N4O7. The number of rotatable bonds is 16. The molecule has 0 radical (unpaired) electrons. The normalized spacial score (nSPS) is 14.5. The van der Waals surface area contributed by atoms with Gasteiger partial charge in [0.15, 0.2) is 5.78 Å². The van der Waals surface area contributed by atoms with E-state index in [9.17, 15) is 24.3 Å². The Labute approximate surface area is 314 Å². The molecule has 0 bridgehead atoms. The van der Waals surface area contributed by atoms with Crippen molar-refractivity contribution in [2.24, 2.45) is 10.8 Å². The molecule has 0 saturated carbocycles. The Kier molecular flexibility index (Phi) is 15.6. The van der Waals surface area contributed by atoms with Crippen molar-refractivity contribution in [2.45, 2.75) is 98.0 Å². The standard InChI is InChI=1S/C42H58N4O7/c1-27(47)30-19-21-32(22-20-30)31-17-15-29(16-18-31)24-34(43-26-36(41(2,3)4)45-39(50)52-8)35(48)25-33(23-28-13-11-10-12-14-28)44-38(49)37(42(5,6)7)46-40(51)53-9/h10-22,33-37,43,48H,23-26H2,1-9H3,(H,44,49)(H,45,50)(H,46,51)/t33-,34-,35-,36+,37+/m0/s1. The molecule has 0 aliphatic heterocycles. The minimum atomic E-state index is -0.941. The van der Waals surface area contributed by atoms with Crippen molar-refractivity contribution in [2.75, 3.05) is 20.8 Å². The van der Waals surface area contributed by atoms with Gasteiger partial charge in [0, 0.05) is 30.2 Å². The first-order chi connectivity index (χ1) is 24.9. The summed E-state index contributed by atoms with van der Waals surface area (Å²) in [5.74, 6) is -0.375. The molecule has 0 fully saturated rings. The zero-order valence-electron chi connectivity index (χ0n) is 32.6. The van der Waals surface area contributed by atoms with E-state index < -0.39 is 41.8 Å². The molecule has 3 amide bonds. The van der Waals surface area contributed by atoms with Crippen LogP contribution in [0.5, 0.6) is 0 Å². The maximum atomic E-state index is 13.8. The van der Waals surface area contributed by atoms with Gasteiger partial charge in [0.05, 0.1) is 20.3 Å². The Morgan fingerprint density at radius 1 is 0.679 bits per heavy atom. The molecule has 0 saturated heterocycles. The predicted octanol–water partition coefficient (Wildman–Crippen LogP) is 6.08. The van der Waals surface area contributed by atoms with Gasteiger partial charge in [-0.25, -0.2) is 9.59 Å². The minimum absolute atomic E-state index is 0.0111. The summed E-state index contributed by atoms with van der Waals surface area (Å²) in [5.41, 5.74) is 3.60. The summed E-state index contributed by atoms with van der Waals surface area (Å²) in [4.78, 5) is 50.0. The molecule has 5 atom stereocenters. The molecule has 0 aliphatic rings. The number of benzene rings is 3. The van der Waals surface area contributed by atoms with Crippen LogP contribution in [0.25, 0.3) is 11.1 Å². The van der Waals surface area contributed by atoms with Crippen LogP contribution in [-0.2, 0) is 27.1 Å². The lowest BCUT2D eigenvalue weighted by atomic mass is 9.85. The second-order valence-corrected chi connectivity index (χ2v) is 15.7. The number of aliphatic hydroxyl groups is 1. The zero-order valence-corrected chi connectivity index (χ0v) is 32.6. The lowest BCUT2D eigenvalue weighted by Gasteiger charge is -2.35. The van der Waals surface area contributed by atoms with Crippen LogP contribution in [0.2, 0.25) is 0 Å². The molecule has 3 aromatic rings. The summed E-state index contributed by atoms with van der Waals surface area (Å²) in [5, 5.41) is 24.3. The first-order valence-corrected chi connectivity index (χ1v) is 18.1. The van der Waals surface area contributed by atoms with Crippen molar-refractivity contribution in [1.29, 1.82) is 0 Å². The van der Waals surface area contributed by atoms with Crippen molar-refractivity contribution in [1.82, 2.24) is 21.3 Å². The predicted molar refractivity (Wildman–Crippen MR) is 208 cm³/mol. The number of Topliss-reactive ketones (excluding diaryl/α,β-unsaturated/α-hetero) is 1. The number of alkyl carbamates (subject to hydrolysis) is 2. The molecule has 3 aromatic carbocycles. The average molecular weight is 731 g/mol. The fourth-order valence-corrected chi connectivity index (χ4v) is 6.06. The zero-order chi connectivity index (χ0) is 39.3. The first-order valence-electron chi connectivity index (χ1n) is 18.1. The second kappa shape index (κ2) is 19.4. The lowest BCUT2D eigenvalue weighted by molar-refractivity contribution is -0.126. The SMILES string of the molecule is COC(=O)N[C@H](C(=O)N[C@@H](Cc1ccccc1)C[C@H](O)[C@H](Cc1ccc(-c2ccc(C(C)=O)cc2)cc1)NC[C@@H](NC(=O)OC)C(C)(C)C)C(C)(C)C. The van der Waals surface area contributed by atoms with Gasteiger partial charge in [-0.2, -0.15) is 0 Å². The second-order valence-electron chi connectivity index (χ2n) is 15.7. The van der Waals surface area contributed by atoms with Gasteiger partial charge in [-0.3, -0.25) is 9.59 Å². The highest BCUT2D eigenvalue weighted by Crippen LogP contribution is 2.24.